The van der Waals surface area contributed by atoms with Gasteiger partial charge < -0.3 is 10.5 Å². The fourth-order valence-electron chi connectivity index (χ4n) is 1.12. The van der Waals surface area contributed by atoms with Crippen LogP contribution < -0.4 is 10.5 Å². The van der Waals surface area contributed by atoms with Crippen LogP contribution >= 0.6 is 12.2 Å². The largest absolute Gasteiger partial charge is 0.492 e. The second-order valence-corrected chi connectivity index (χ2v) is 4.12. The number of hydrogen-bond acceptors (Lipinski definition) is 2. The SMILES string of the molecule is CC(C)COc1cccc(F)c1C(N)=S. The van der Waals surface area contributed by atoms with E-state index in [0.29, 0.717) is 18.3 Å². The third-order valence-corrected chi connectivity index (χ3v) is 2.00. The van der Waals surface area contributed by atoms with Gasteiger partial charge in [0.2, 0.25) is 0 Å². The Morgan fingerprint density at radius 3 is 2.73 bits per heavy atom. The predicted octanol–water partition coefficient (Wildman–Crippen LogP) is 2.49. The fraction of sp³-hybridized carbons (Fsp3) is 0.364. The van der Waals surface area contributed by atoms with E-state index < -0.39 is 5.82 Å². The summed E-state index contributed by atoms with van der Waals surface area (Å²) in [6.45, 7) is 4.54. The molecule has 2 N–H and O–H groups in total. The second kappa shape index (κ2) is 5.07. The zero-order valence-corrected chi connectivity index (χ0v) is 9.60. The molecular weight excluding hydrogens is 213 g/mol. The van der Waals surface area contributed by atoms with E-state index in [1.54, 1.807) is 12.1 Å². The first-order valence-electron chi connectivity index (χ1n) is 4.73. The van der Waals surface area contributed by atoms with Crippen LogP contribution in [0.5, 0.6) is 5.75 Å². The molecule has 1 aromatic rings. The van der Waals surface area contributed by atoms with Gasteiger partial charge in [-0.25, -0.2) is 4.39 Å². The Morgan fingerprint density at radius 2 is 2.20 bits per heavy atom. The van der Waals surface area contributed by atoms with Gasteiger partial charge in [-0.05, 0) is 18.1 Å². The Kier molecular flexibility index (Phi) is 4.03. The molecule has 0 spiro atoms. The lowest BCUT2D eigenvalue weighted by Crippen LogP contribution is -2.15. The summed E-state index contributed by atoms with van der Waals surface area (Å²) in [5, 5.41) is 0. The number of hydrogen-bond donors (Lipinski definition) is 1. The lowest BCUT2D eigenvalue weighted by atomic mass is 10.2. The van der Waals surface area contributed by atoms with Gasteiger partial charge in [0, 0.05) is 0 Å². The highest BCUT2D eigenvalue weighted by Crippen LogP contribution is 2.21. The van der Waals surface area contributed by atoms with Crippen LogP contribution in [0, 0.1) is 11.7 Å². The molecule has 0 amide bonds. The molecule has 2 nitrogen and oxygen atoms in total. The molecule has 0 saturated carbocycles. The van der Waals surface area contributed by atoms with Crippen molar-refractivity contribution in [1.82, 2.24) is 0 Å². The summed E-state index contributed by atoms with van der Waals surface area (Å²) in [4.78, 5) is 0.0202. The summed E-state index contributed by atoms with van der Waals surface area (Å²) in [5.74, 6) is 0.340. The first-order valence-corrected chi connectivity index (χ1v) is 5.14. The molecule has 0 aliphatic carbocycles. The van der Waals surface area contributed by atoms with Gasteiger partial charge in [-0.15, -0.1) is 0 Å². The van der Waals surface area contributed by atoms with E-state index in [9.17, 15) is 4.39 Å². The monoisotopic (exact) mass is 227 g/mol. The molecule has 1 aromatic carbocycles. The van der Waals surface area contributed by atoms with Crippen molar-refractivity contribution in [2.75, 3.05) is 6.61 Å². The fourth-order valence-corrected chi connectivity index (χ4v) is 1.32. The lowest BCUT2D eigenvalue weighted by molar-refractivity contribution is 0.269. The highest BCUT2D eigenvalue weighted by molar-refractivity contribution is 7.80. The number of nitrogens with two attached hydrogens (primary N) is 1. The topological polar surface area (TPSA) is 35.2 Å². The minimum absolute atomic E-state index is 0.0202. The van der Waals surface area contributed by atoms with Crippen LogP contribution in [0.2, 0.25) is 0 Å². The van der Waals surface area contributed by atoms with Gasteiger partial charge in [-0.1, -0.05) is 32.1 Å². The van der Waals surface area contributed by atoms with Crippen LogP contribution in [-0.4, -0.2) is 11.6 Å². The van der Waals surface area contributed by atoms with Gasteiger partial charge in [-0.3, -0.25) is 0 Å². The van der Waals surface area contributed by atoms with Gasteiger partial charge in [0.25, 0.3) is 0 Å². The zero-order valence-electron chi connectivity index (χ0n) is 8.79. The summed E-state index contributed by atoms with van der Waals surface area (Å²) < 4.78 is 18.8. The maximum absolute atomic E-state index is 13.4. The molecule has 15 heavy (non-hydrogen) atoms. The summed E-state index contributed by atoms with van der Waals surface area (Å²) in [5.41, 5.74) is 5.62. The van der Waals surface area contributed by atoms with E-state index in [1.165, 1.54) is 6.07 Å². The van der Waals surface area contributed by atoms with Crippen LogP contribution in [0.3, 0.4) is 0 Å². The number of ether oxygens (including phenoxy) is 1. The third kappa shape index (κ3) is 3.16. The van der Waals surface area contributed by atoms with Gasteiger partial charge in [0.1, 0.15) is 16.6 Å². The van der Waals surface area contributed by atoms with Gasteiger partial charge in [0.05, 0.1) is 12.2 Å². The van der Waals surface area contributed by atoms with Crippen LogP contribution in [-0.2, 0) is 0 Å². The first-order chi connectivity index (χ1) is 7.02. The molecule has 4 heteroatoms. The van der Waals surface area contributed by atoms with Gasteiger partial charge in [0.15, 0.2) is 0 Å². The molecule has 0 heterocycles. The van der Waals surface area contributed by atoms with E-state index in [2.05, 4.69) is 0 Å². The summed E-state index contributed by atoms with van der Waals surface area (Å²) in [6, 6.07) is 4.56. The molecule has 0 atom stereocenters. The minimum atomic E-state index is -0.441. The molecule has 82 valence electrons. The third-order valence-electron chi connectivity index (χ3n) is 1.79. The van der Waals surface area contributed by atoms with E-state index in [0.717, 1.165) is 0 Å². The number of benzene rings is 1. The second-order valence-electron chi connectivity index (χ2n) is 3.68. The van der Waals surface area contributed by atoms with Crippen LogP contribution in [0.1, 0.15) is 19.4 Å². The molecule has 0 fully saturated rings. The van der Waals surface area contributed by atoms with Crippen LogP contribution in [0.4, 0.5) is 4.39 Å². The van der Waals surface area contributed by atoms with Crippen LogP contribution in [0.15, 0.2) is 18.2 Å². The molecule has 1 rings (SSSR count). The zero-order chi connectivity index (χ0) is 11.4. The van der Waals surface area contributed by atoms with Crippen molar-refractivity contribution < 1.29 is 9.13 Å². The predicted molar refractivity (Wildman–Crippen MR) is 62.6 cm³/mol. The van der Waals surface area contributed by atoms with E-state index in [1.807, 2.05) is 13.8 Å². The Hall–Kier alpha value is -1.16. The summed E-state index contributed by atoms with van der Waals surface area (Å²) >= 11 is 4.77. The summed E-state index contributed by atoms with van der Waals surface area (Å²) in [7, 11) is 0. The van der Waals surface area contributed by atoms with Crippen molar-refractivity contribution in [3.63, 3.8) is 0 Å². The average Bonchev–Trinajstić information content (AvgIpc) is 2.13. The van der Waals surface area contributed by atoms with Crippen molar-refractivity contribution in [2.45, 2.75) is 13.8 Å². The Bertz CT molecular complexity index is 366. The maximum atomic E-state index is 13.4. The standard InChI is InChI=1S/C11H14FNOS/c1-7(2)6-14-9-5-3-4-8(12)10(9)11(13)15/h3-5,7H,6H2,1-2H3,(H2,13,15). The Labute approximate surface area is 94.2 Å². The maximum Gasteiger partial charge on any atom is 0.137 e. The molecule has 0 aliphatic heterocycles. The Balaban J connectivity index is 2.96. The molecule has 0 bridgehead atoms. The molecular formula is C11H14FNOS. The van der Waals surface area contributed by atoms with Crippen molar-refractivity contribution in [3.8, 4) is 5.75 Å². The van der Waals surface area contributed by atoms with E-state index in [4.69, 9.17) is 22.7 Å². The number of rotatable bonds is 4. The van der Waals surface area contributed by atoms with Crippen molar-refractivity contribution in [1.29, 1.82) is 0 Å². The molecule has 0 aliphatic rings. The quantitative estimate of drug-likeness (QED) is 0.803. The van der Waals surface area contributed by atoms with Crippen molar-refractivity contribution in [3.05, 3.63) is 29.6 Å². The van der Waals surface area contributed by atoms with E-state index in [-0.39, 0.29) is 10.6 Å². The van der Waals surface area contributed by atoms with Gasteiger partial charge in [-0.2, -0.15) is 0 Å². The average molecular weight is 227 g/mol. The molecule has 0 aromatic heterocycles. The first kappa shape index (κ1) is 11.9. The smallest absolute Gasteiger partial charge is 0.137 e. The Morgan fingerprint density at radius 1 is 1.53 bits per heavy atom. The molecule has 0 unspecified atom stereocenters. The van der Waals surface area contributed by atoms with Crippen LogP contribution in [0.25, 0.3) is 0 Å². The molecule has 0 radical (unpaired) electrons. The number of halogens is 1. The van der Waals surface area contributed by atoms with Gasteiger partial charge >= 0.3 is 0 Å². The number of thiocarbonyl (C=S) groups is 1. The van der Waals surface area contributed by atoms with Crippen molar-refractivity contribution in [2.24, 2.45) is 11.7 Å². The minimum Gasteiger partial charge on any atom is -0.492 e. The highest BCUT2D eigenvalue weighted by atomic mass is 32.1. The molecule has 0 saturated heterocycles. The van der Waals surface area contributed by atoms with Crippen molar-refractivity contribution >= 4 is 17.2 Å². The highest BCUT2D eigenvalue weighted by Gasteiger charge is 2.12. The lowest BCUT2D eigenvalue weighted by Gasteiger charge is -2.12. The summed E-state index contributed by atoms with van der Waals surface area (Å²) in [6.07, 6.45) is 0. The van der Waals surface area contributed by atoms with E-state index >= 15 is 0 Å². The normalized spacial score (nSPS) is 10.4.